The number of rotatable bonds is 3. The second kappa shape index (κ2) is 6.10. The lowest BCUT2D eigenvalue weighted by atomic mass is 10.2. The van der Waals surface area contributed by atoms with Gasteiger partial charge in [-0.3, -0.25) is 0 Å². The van der Waals surface area contributed by atoms with Crippen molar-refractivity contribution in [3.05, 3.63) is 65.5 Å². The van der Waals surface area contributed by atoms with Crippen LogP contribution in [0, 0.1) is 17.5 Å². The molecule has 0 aromatic heterocycles. The lowest BCUT2D eigenvalue weighted by molar-refractivity contribution is 0.251. The second-order valence-corrected chi connectivity index (χ2v) is 4.04. The van der Waals surface area contributed by atoms with Gasteiger partial charge in [-0.05, 0) is 5.56 Å². The predicted molar refractivity (Wildman–Crippen MR) is 68.6 cm³/mol. The maximum absolute atomic E-state index is 13.3. The minimum absolute atomic E-state index is 0.214. The quantitative estimate of drug-likeness (QED) is 0.831. The summed E-state index contributed by atoms with van der Waals surface area (Å²) < 4.78 is 39.2. The summed E-state index contributed by atoms with van der Waals surface area (Å²) in [6.07, 6.45) is 0. The van der Waals surface area contributed by atoms with Gasteiger partial charge in [0, 0.05) is 18.7 Å². The highest BCUT2D eigenvalue weighted by Gasteiger charge is 2.13. The predicted octanol–water partition coefficient (Wildman–Crippen LogP) is 3.43. The van der Waals surface area contributed by atoms with Crippen molar-refractivity contribution in [1.29, 1.82) is 0 Å². The first-order valence-electron chi connectivity index (χ1n) is 5.79. The van der Waals surface area contributed by atoms with Crippen LogP contribution in [0.5, 0.6) is 0 Å². The first kappa shape index (κ1) is 13.9. The highest BCUT2D eigenvalue weighted by Crippen LogP contribution is 2.18. The third kappa shape index (κ3) is 3.50. The summed E-state index contributed by atoms with van der Waals surface area (Å²) in [5, 5.41) is 4.51. The molecule has 2 N–H and O–H groups in total. The Hall–Kier alpha value is -2.50. The van der Waals surface area contributed by atoms with Crippen molar-refractivity contribution in [3.63, 3.8) is 0 Å². The van der Waals surface area contributed by atoms with E-state index in [1.807, 2.05) is 6.07 Å². The van der Waals surface area contributed by atoms with E-state index in [1.165, 1.54) is 0 Å². The molecule has 2 aromatic rings. The molecule has 2 rings (SSSR count). The number of carbonyl (C=O) groups excluding carboxylic acids is 1. The molecule has 0 bridgehead atoms. The van der Waals surface area contributed by atoms with Crippen molar-refractivity contribution in [3.8, 4) is 0 Å². The van der Waals surface area contributed by atoms with Crippen LogP contribution in [-0.4, -0.2) is 6.03 Å². The minimum Gasteiger partial charge on any atom is -0.334 e. The molecule has 104 valence electrons. The van der Waals surface area contributed by atoms with Gasteiger partial charge >= 0.3 is 6.03 Å². The highest BCUT2D eigenvalue weighted by molar-refractivity contribution is 5.89. The monoisotopic (exact) mass is 280 g/mol. The Kier molecular flexibility index (Phi) is 4.24. The SMILES string of the molecule is O=C(NCc1ccccc1)Nc1cc(F)cc(F)c1F. The molecule has 0 atom stereocenters. The Bertz CT molecular complexity index is 617. The van der Waals surface area contributed by atoms with Crippen LogP contribution in [0.2, 0.25) is 0 Å². The maximum Gasteiger partial charge on any atom is 0.319 e. The summed E-state index contributed by atoms with van der Waals surface area (Å²) in [7, 11) is 0. The van der Waals surface area contributed by atoms with Crippen LogP contribution in [0.1, 0.15) is 5.56 Å². The van der Waals surface area contributed by atoms with Crippen LogP contribution in [0.4, 0.5) is 23.7 Å². The van der Waals surface area contributed by atoms with Crippen molar-refractivity contribution < 1.29 is 18.0 Å². The molecule has 0 saturated carbocycles. The molecule has 3 nitrogen and oxygen atoms in total. The molecule has 0 radical (unpaired) electrons. The second-order valence-electron chi connectivity index (χ2n) is 4.04. The van der Waals surface area contributed by atoms with Gasteiger partial charge in [0.2, 0.25) is 0 Å². The van der Waals surface area contributed by atoms with E-state index in [4.69, 9.17) is 0 Å². The van der Waals surface area contributed by atoms with Crippen LogP contribution in [0.25, 0.3) is 0 Å². The number of amides is 2. The van der Waals surface area contributed by atoms with E-state index in [1.54, 1.807) is 24.3 Å². The Balaban J connectivity index is 1.98. The summed E-state index contributed by atoms with van der Waals surface area (Å²) in [5.41, 5.74) is 0.293. The topological polar surface area (TPSA) is 41.1 Å². The van der Waals surface area contributed by atoms with Gasteiger partial charge < -0.3 is 10.6 Å². The number of carbonyl (C=O) groups is 1. The summed E-state index contributed by atoms with van der Waals surface area (Å²) in [4.78, 5) is 11.5. The molecular weight excluding hydrogens is 269 g/mol. The molecule has 2 aromatic carbocycles. The smallest absolute Gasteiger partial charge is 0.319 e. The Morgan fingerprint density at radius 2 is 1.75 bits per heavy atom. The van der Waals surface area contributed by atoms with Gasteiger partial charge in [0.05, 0.1) is 5.69 Å². The molecule has 0 aliphatic rings. The first-order valence-corrected chi connectivity index (χ1v) is 5.79. The van der Waals surface area contributed by atoms with Crippen molar-refractivity contribution >= 4 is 11.7 Å². The number of nitrogens with one attached hydrogen (secondary N) is 2. The van der Waals surface area contributed by atoms with Gasteiger partial charge in [-0.25, -0.2) is 18.0 Å². The molecule has 0 saturated heterocycles. The zero-order valence-corrected chi connectivity index (χ0v) is 10.3. The van der Waals surface area contributed by atoms with Gasteiger partial charge in [-0.2, -0.15) is 0 Å². The lowest BCUT2D eigenvalue weighted by Gasteiger charge is -2.09. The fourth-order valence-electron chi connectivity index (χ4n) is 1.59. The molecule has 0 unspecified atom stereocenters. The van der Waals surface area contributed by atoms with Gasteiger partial charge in [0.15, 0.2) is 11.6 Å². The van der Waals surface area contributed by atoms with E-state index >= 15 is 0 Å². The van der Waals surface area contributed by atoms with E-state index in [2.05, 4.69) is 10.6 Å². The largest absolute Gasteiger partial charge is 0.334 e. The standard InChI is InChI=1S/C14H11F3N2O/c15-10-6-11(16)13(17)12(7-10)19-14(20)18-8-9-4-2-1-3-5-9/h1-7H,8H2,(H2,18,19,20). The average Bonchev–Trinajstić information content (AvgIpc) is 2.43. The van der Waals surface area contributed by atoms with Gasteiger partial charge in [-0.1, -0.05) is 30.3 Å². The fourth-order valence-corrected chi connectivity index (χ4v) is 1.59. The Labute approximate surface area is 113 Å². The number of anilines is 1. The van der Waals surface area contributed by atoms with Crippen molar-refractivity contribution in [2.24, 2.45) is 0 Å². The fraction of sp³-hybridized carbons (Fsp3) is 0.0714. The number of hydrogen-bond acceptors (Lipinski definition) is 1. The molecule has 20 heavy (non-hydrogen) atoms. The zero-order chi connectivity index (χ0) is 14.5. The third-order valence-corrected chi connectivity index (χ3v) is 2.54. The summed E-state index contributed by atoms with van der Waals surface area (Å²) in [6, 6.07) is 9.38. The molecule has 0 aliphatic carbocycles. The highest BCUT2D eigenvalue weighted by atomic mass is 19.2. The van der Waals surface area contributed by atoms with Crippen molar-refractivity contribution in [2.45, 2.75) is 6.54 Å². The lowest BCUT2D eigenvalue weighted by Crippen LogP contribution is -2.28. The van der Waals surface area contributed by atoms with E-state index in [0.717, 1.165) is 5.56 Å². The minimum atomic E-state index is -1.36. The van der Waals surface area contributed by atoms with E-state index in [-0.39, 0.29) is 6.54 Å². The Morgan fingerprint density at radius 1 is 1.05 bits per heavy atom. The zero-order valence-electron chi connectivity index (χ0n) is 10.3. The van der Waals surface area contributed by atoms with E-state index < -0.39 is 29.2 Å². The van der Waals surface area contributed by atoms with Crippen LogP contribution in [0.15, 0.2) is 42.5 Å². The molecule has 0 spiro atoms. The van der Waals surface area contributed by atoms with Crippen LogP contribution < -0.4 is 10.6 Å². The normalized spacial score (nSPS) is 10.2. The van der Waals surface area contributed by atoms with Gasteiger partial charge in [0.25, 0.3) is 0 Å². The van der Waals surface area contributed by atoms with Crippen LogP contribution >= 0.6 is 0 Å². The third-order valence-electron chi connectivity index (χ3n) is 2.54. The van der Waals surface area contributed by atoms with Crippen molar-refractivity contribution in [2.75, 3.05) is 5.32 Å². The molecule has 6 heteroatoms. The summed E-state index contributed by atoms with van der Waals surface area (Å²) >= 11 is 0. The molecule has 2 amide bonds. The summed E-state index contributed by atoms with van der Waals surface area (Å²) in [5.74, 6) is -3.63. The number of benzene rings is 2. The molecule has 0 heterocycles. The van der Waals surface area contributed by atoms with Crippen molar-refractivity contribution in [1.82, 2.24) is 5.32 Å². The molecule has 0 aliphatic heterocycles. The van der Waals surface area contributed by atoms with Crippen LogP contribution in [0.3, 0.4) is 0 Å². The maximum atomic E-state index is 13.3. The molecular formula is C14H11F3N2O. The number of urea groups is 1. The summed E-state index contributed by atoms with van der Waals surface area (Å²) in [6.45, 7) is 0.214. The molecule has 0 fully saturated rings. The first-order chi connectivity index (χ1) is 9.56. The van der Waals surface area contributed by atoms with E-state index in [0.29, 0.717) is 12.1 Å². The van der Waals surface area contributed by atoms with Gasteiger partial charge in [-0.15, -0.1) is 0 Å². The average molecular weight is 280 g/mol. The Morgan fingerprint density at radius 3 is 2.45 bits per heavy atom. The van der Waals surface area contributed by atoms with E-state index in [9.17, 15) is 18.0 Å². The van der Waals surface area contributed by atoms with Crippen LogP contribution in [-0.2, 0) is 6.54 Å². The number of halogens is 3. The van der Waals surface area contributed by atoms with Gasteiger partial charge in [0.1, 0.15) is 5.82 Å². The number of hydrogen-bond donors (Lipinski definition) is 2.